The Hall–Kier alpha value is -3.79. The molecule has 0 spiro atoms. The number of rotatable bonds is 8. The molecule has 16 heteroatoms. The maximum Gasteiger partial charge on any atom is 0.526 e. The highest BCUT2D eigenvalue weighted by molar-refractivity contribution is 6.47. The fourth-order valence-corrected chi connectivity index (χ4v) is 7.55. The highest BCUT2D eigenvalue weighted by atomic mass is 16.5. The Labute approximate surface area is 291 Å². The molecule has 2 aromatic carbocycles. The molecule has 268 valence electrons. The van der Waals surface area contributed by atoms with Gasteiger partial charge >= 0.3 is 26.2 Å². The molecule has 2 saturated carbocycles. The summed E-state index contributed by atoms with van der Waals surface area (Å²) in [6.45, 7) is 0. The van der Waals surface area contributed by atoms with Crippen LogP contribution in [0, 0.1) is 11.8 Å². The zero-order valence-electron chi connectivity index (χ0n) is 27.9. The number of ketones is 2. The number of aromatic carboxylic acids is 2. The van der Waals surface area contributed by atoms with Crippen molar-refractivity contribution in [3.8, 4) is 11.5 Å². The zero-order chi connectivity index (χ0) is 36.3. The SMILES string of the molecule is N[C@@H]1CCC(C(=O)C[C@H]2Cc3cccc(C(=O)O)c3OB2O)C[C@H]1N.N[C@@H]1CC[C@@H](C(=O)C[C@H]2Cc3cccc(C(=O)O)c3OB2O)C[C@H]1N. The molecule has 2 aliphatic heterocycles. The minimum atomic E-state index is -1.20. The number of nitrogens with two attached hydrogens (primary N) is 4. The summed E-state index contributed by atoms with van der Waals surface area (Å²) >= 11 is 0. The van der Waals surface area contributed by atoms with Gasteiger partial charge in [0.1, 0.15) is 23.1 Å². The Kier molecular flexibility index (Phi) is 12.0. The number of hydrogen-bond acceptors (Lipinski definition) is 12. The summed E-state index contributed by atoms with van der Waals surface area (Å²) in [4.78, 5) is 47.7. The fraction of sp³-hybridized carbons (Fsp3) is 0.529. The number of benzene rings is 2. The first-order valence-corrected chi connectivity index (χ1v) is 17.2. The first-order valence-electron chi connectivity index (χ1n) is 17.2. The van der Waals surface area contributed by atoms with Gasteiger partial charge in [-0.15, -0.1) is 0 Å². The second kappa shape index (κ2) is 16.0. The van der Waals surface area contributed by atoms with Gasteiger partial charge in [-0.2, -0.15) is 0 Å². The third kappa shape index (κ3) is 8.56. The quantitative estimate of drug-likeness (QED) is 0.181. The summed E-state index contributed by atoms with van der Waals surface area (Å²) < 4.78 is 10.9. The predicted molar refractivity (Wildman–Crippen MR) is 185 cm³/mol. The molecular weight excluding hydrogens is 646 g/mol. The van der Waals surface area contributed by atoms with E-state index in [1.165, 1.54) is 12.1 Å². The van der Waals surface area contributed by atoms with Gasteiger partial charge in [-0.3, -0.25) is 9.59 Å². The molecule has 12 N–H and O–H groups in total. The van der Waals surface area contributed by atoms with Crippen molar-refractivity contribution in [2.24, 2.45) is 34.8 Å². The molecule has 2 aliphatic carbocycles. The third-order valence-electron chi connectivity index (χ3n) is 10.6. The van der Waals surface area contributed by atoms with E-state index in [4.69, 9.17) is 32.2 Å². The highest BCUT2D eigenvalue weighted by Crippen LogP contribution is 2.39. The van der Waals surface area contributed by atoms with Gasteiger partial charge < -0.3 is 52.5 Å². The molecule has 2 heterocycles. The van der Waals surface area contributed by atoms with Crippen LogP contribution in [0.2, 0.25) is 11.6 Å². The molecule has 2 fully saturated rings. The van der Waals surface area contributed by atoms with Crippen LogP contribution in [0.15, 0.2) is 36.4 Å². The highest BCUT2D eigenvalue weighted by Gasteiger charge is 2.41. The second-order valence-electron chi connectivity index (χ2n) is 14.2. The van der Waals surface area contributed by atoms with Crippen molar-refractivity contribution >= 4 is 37.7 Å². The van der Waals surface area contributed by atoms with Gasteiger partial charge in [0.2, 0.25) is 0 Å². The topological polar surface area (TPSA) is 272 Å². The number of carboxylic acids is 2. The van der Waals surface area contributed by atoms with Crippen molar-refractivity contribution in [1.82, 2.24) is 0 Å². The standard InChI is InChI=1S/2C17H23BN2O5/c2*19-13-5-4-9(7-14(13)20)15(21)8-11-6-10-2-1-3-12(17(22)23)16(10)25-18(11)24/h2*1-3,9,11,13-14,24H,4-8,19-20H2,(H,22,23)/t9?,11-,13-,14-;9-,11-,13-,14-/m11/s1. The molecule has 1 unspecified atom stereocenters. The smallest absolute Gasteiger partial charge is 0.526 e. The van der Waals surface area contributed by atoms with Gasteiger partial charge in [0.05, 0.1) is 11.1 Å². The van der Waals surface area contributed by atoms with E-state index in [1.54, 1.807) is 24.3 Å². The molecule has 0 saturated heterocycles. The number of carboxylic acid groups (broad SMARTS) is 2. The lowest BCUT2D eigenvalue weighted by Crippen LogP contribution is -2.47. The van der Waals surface area contributed by atoms with Crippen LogP contribution in [0.25, 0.3) is 0 Å². The fourth-order valence-electron chi connectivity index (χ4n) is 7.55. The largest absolute Gasteiger partial charge is 0.535 e. The van der Waals surface area contributed by atoms with Crippen LogP contribution in [0.1, 0.15) is 83.2 Å². The van der Waals surface area contributed by atoms with Gasteiger partial charge in [0.15, 0.2) is 0 Å². The van der Waals surface area contributed by atoms with E-state index in [1.807, 2.05) is 0 Å². The van der Waals surface area contributed by atoms with Gasteiger partial charge in [-0.05, 0) is 74.6 Å². The molecule has 0 amide bonds. The van der Waals surface area contributed by atoms with Crippen molar-refractivity contribution in [3.63, 3.8) is 0 Å². The zero-order valence-corrected chi connectivity index (χ0v) is 27.9. The summed E-state index contributed by atoms with van der Waals surface area (Å²) in [6.07, 6.45) is 5.22. The van der Waals surface area contributed by atoms with Crippen LogP contribution in [-0.4, -0.2) is 82.2 Å². The lowest BCUT2D eigenvalue weighted by atomic mass is 9.63. The maximum atomic E-state index is 12.6. The van der Waals surface area contributed by atoms with Crippen molar-refractivity contribution in [2.45, 2.75) is 100 Å². The molecule has 0 bridgehead atoms. The first-order chi connectivity index (χ1) is 23.7. The first kappa shape index (κ1) is 37.5. The van der Waals surface area contributed by atoms with Crippen LogP contribution in [0.3, 0.4) is 0 Å². The van der Waals surface area contributed by atoms with Crippen molar-refractivity contribution in [2.75, 3.05) is 0 Å². The Morgan fingerprint density at radius 2 is 1.00 bits per heavy atom. The van der Waals surface area contributed by atoms with Crippen LogP contribution in [-0.2, 0) is 22.4 Å². The van der Waals surface area contributed by atoms with Crippen LogP contribution in [0.5, 0.6) is 11.5 Å². The number of fused-ring (bicyclic) bond motifs is 2. The summed E-state index contributed by atoms with van der Waals surface area (Å²) in [6, 6.07) is 9.22. The van der Waals surface area contributed by atoms with Crippen LogP contribution in [0.4, 0.5) is 0 Å². The van der Waals surface area contributed by atoms with Crippen LogP contribution >= 0.6 is 0 Å². The molecule has 6 rings (SSSR count). The Morgan fingerprint density at radius 3 is 1.34 bits per heavy atom. The van der Waals surface area contributed by atoms with E-state index in [-0.39, 0.29) is 83.0 Å². The number of Topliss-reactive ketones (excluding diaryl/α,β-unsaturated/α-hetero) is 2. The number of para-hydroxylation sites is 2. The van der Waals surface area contributed by atoms with Crippen LogP contribution < -0.4 is 32.2 Å². The van der Waals surface area contributed by atoms with E-state index >= 15 is 0 Å². The minimum Gasteiger partial charge on any atom is -0.535 e. The molecule has 50 heavy (non-hydrogen) atoms. The van der Waals surface area contributed by atoms with Gasteiger partial charge in [0, 0.05) is 60.5 Å². The van der Waals surface area contributed by atoms with E-state index in [0.29, 0.717) is 36.8 Å². The summed E-state index contributed by atoms with van der Waals surface area (Å²) in [5, 5.41) is 38.9. The monoisotopic (exact) mass is 692 g/mol. The molecule has 0 radical (unpaired) electrons. The maximum absolute atomic E-state index is 12.6. The molecule has 8 atom stereocenters. The molecular formula is C34H46B2N4O10. The average molecular weight is 692 g/mol. The van der Waals surface area contributed by atoms with Crippen molar-refractivity contribution in [3.05, 3.63) is 58.7 Å². The normalized spacial score (nSPS) is 28.8. The summed E-state index contributed by atoms with van der Waals surface area (Å²) in [7, 11) is -2.40. The van der Waals surface area contributed by atoms with E-state index in [9.17, 15) is 39.4 Å². The molecule has 2 aromatic rings. The second-order valence-corrected chi connectivity index (χ2v) is 14.2. The molecule has 0 aromatic heterocycles. The average Bonchev–Trinajstić information content (AvgIpc) is 3.07. The van der Waals surface area contributed by atoms with E-state index in [2.05, 4.69) is 0 Å². The Bertz CT molecular complexity index is 1480. The van der Waals surface area contributed by atoms with Crippen molar-refractivity contribution in [1.29, 1.82) is 0 Å². The van der Waals surface area contributed by atoms with Gasteiger partial charge in [-0.25, -0.2) is 9.59 Å². The lowest BCUT2D eigenvalue weighted by Gasteiger charge is -2.32. The van der Waals surface area contributed by atoms with E-state index in [0.717, 1.165) is 25.7 Å². The lowest BCUT2D eigenvalue weighted by molar-refractivity contribution is -0.125. The Balaban J connectivity index is 0.000000194. The minimum absolute atomic E-state index is 0.0218. The molecule has 4 aliphatic rings. The number of carbonyl (C=O) groups excluding carboxylic acids is 2. The number of carbonyl (C=O) groups is 4. The summed E-state index contributed by atoms with van der Waals surface area (Å²) in [5.41, 5.74) is 25.2. The summed E-state index contributed by atoms with van der Waals surface area (Å²) in [5.74, 6) is -2.75. The third-order valence-corrected chi connectivity index (χ3v) is 10.6. The molecule has 14 nitrogen and oxygen atoms in total. The van der Waals surface area contributed by atoms with Gasteiger partial charge in [-0.1, -0.05) is 24.3 Å². The predicted octanol–water partition coefficient (Wildman–Crippen LogP) is 1.17. The van der Waals surface area contributed by atoms with Crippen molar-refractivity contribution < 1.29 is 48.7 Å². The van der Waals surface area contributed by atoms with Gasteiger partial charge in [0.25, 0.3) is 0 Å². The Morgan fingerprint density at radius 1 is 0.620 bits per heavy atom. The van der Waals surface area contributed by atoms with E-state index < -0.39 is 37.8 Å². The number of hydrogen-bond donors (Lipinski definition) is 8.